The molecule has 1 aliphatic rings. The standard InChI is InChI=1S/C28H36N2O4/c1-5-7-8-19-34-23-15-13-22(14-16-23)26(31)24-25(21-11-9-20(6-2)10-12-21)30(18-17-29(3)4)28(33)27(24)32/h9-16,25,31H,5-8,17-19H2,1-4H3/b26-24-. The third kappa shape index (κ3) is 5.86. The molecule has 1 unspecified atom stereocenters. The monoisotopic (exact) mass is 464 g/mol. The minimum atomic E-state index is -0.652. The van der Waals surface area contributed by atoms with Gasteiger partial charge in [-0.2, -0.15) is 0 Å². The third-order valence-corrected chi connectivity index (χ3v) is 6.18. The number of likely N-dealkylation sites (tertiary alicyclic amines) is 1. The number of aliphatic hydroxyl groups excluding tert-OH is 1. The molecular formula is C28H36N2O4. The van der Waals surface area contributed by atoms with Crippen molar-refractivity contribution < 1.29 is 19.4 Å². The van der Waals surface area contributed by atoms with Crippen molar-refractivity contribution in [2.24, 2.45) is 0 Å². The summed E-state index contributed by atoms with van der Waals surface area (Å²) in [6.07, 6.45) is 4.13. The molecule has 182 valence electrons. The molecule has 0 aromatic heterocycles. The van der Waals surface area contributed by atoms with Gasteiger partial charge < -0.3 is 19.6 Å². The summed E-state index contributed by atoms with van der Waals surface area (Å²) in [6, 6.07) is 14.3. The first-order valence-corrected chi connectivity index (χ1v) is 12.1. The zero-order valence-electron chi connectivity index (χ0n) is 20.7. The van der Waals surface area contributed by atoms with E-state index in [-0.39, 0.29) is 11.3 Å². The molecule has 3 rings (SSSR count). The van der Waals surface area contributed by atoms with E-state index in [1.165, 1.54) is 5.56 Å². The minimum absolute atomic E-state index is 0.129. The molecule has 0 saturated carbocycles. The Bertz CT molecular complexity index is 1010. The molecule has 1 aliphatic heterocycles. The van der Waals surface area contributed by atoms with E-state index in [9.17, 15) is 14.7 Å². The highest BCUT2D eigenvalue weighted by molar-refractivity contribution is 6.46. The van der Waals surface area contributed by atoms with Crippen molar-refractivity contribution in [2.45, 2.75) is 45.6 Å². The van der Waals surface area contributed by atoms with Gasteiger partial charge in [-0.3, -0.25) is 9.59 Å². The van der Waals surface area contributed by atoms with Crippen LogP contribution in [0.25, 0.3) is 5.76 Å². The first kappa shape index (κ1) is 25.5. The number of benzene rings is 2. The molecule has 0 spiro atoms. The fourth-order valence-corrected chi connectivity index (χ4v) is 4.11. The van der Waals surface area contributed by atoms with Crippen LogP contribution in [0.2, 0.25) is 0 Å². The Labute approximate surface area is 202 Å². The van der Waals surface area contributed by atoms with Crippen molar-refractivity contribution in [3.8, 4) is 5.75 Å². The fourth-order valence-electron chi connectivity index (χ4n) is 4.11. The average Bonchev–Trinajstić information content (AvgIpc) is 3.10. The molecule has 1 N–H and O–H groups in total. The van der Waals surface area contributed by atoms with Crippen molar-refractivity contribution in [1.82, 2.24) is 9.80 Å². The zero-order chi connectivity index (χ0) is 24.7. The summed E-state index contributed by atoms with van der Waals surface area (Å²) >= 11 is 0. The maximum absolute atomic E-state index is 13.1. The molecule has 2 aromatic carbocycles. The lowest BCUT2D eigenvalue weighted by molar-refractivity contribution is -0.140. The Morgan fingerprint density at radius 1 is 1.00 bits per heavy atom. The number of hydrogen-bond donors (Lipinski definition) is 1. The summed E-state index contributed by atoms with van der Waals surface area (Å²) in [4.78, 5) is 29.6. The Morgan fingerprint density at radius 2 is 1.68 bits per heavy atom. The number of nitrogens with zero attached hydrogens (tertiary/aromatic N) is 2. The van der Waals surface area contributed by atoms with Crippen LogP contribution in [0, 0.1) is 0 Å². The van der Waals surface area contributed by atoms with E-state index >= 15 is 0 Å². The Balaban J connectivity index is 1.96. The lowest BCUT2D eigenvalue weighted by atomic mass is 9.94. The van der Waals surface area contributed by atoms with Gasteiger partial charge in [-0.1, -0.05) is 51.0 Å². The van der Waals surface area contributed by atoms with Crippen molar-refractivity contribution in [1.29, 1.82) is 0 Å². The molecule has 1 fully saturated rings. The van der Waals surface area contributed by atoms with E-state index in [0.717, 1.165) is 31.2 Å². The average molecular weight is 465 g/mol. The number of carbonyl (C=O) groups is 2. The van der Waals surface area contributed by atoms with Crippen LogP contribution in [0.4, 0.5) is 0 Å². The Hall–Kier alpha value is -3.12. The summed E-state index contributed by atoms with van der Waals surface area (Å²) < 4.78 is 5.76. The lowest BCUT2D eigenvalue weighted by Gasteiger charge is -2.26. The van der Waals surface area contributed by atoms with Gasteiger partial charge in [-0.25, -0.2) is 0 Å². The normalized spacial score (nSPS) is 17.6. The molecule has 1 saturated heterocycles. The highest BCUT2D eigenvalue weighted by Gasteiger charge is 2.45. The number of likely N-dealkylation sites (N-methyl/N-ethyl adjacent to an activating group) is 1. The first-order chi connectivity index (χ1) is 16.4. The lowest BCUT2D eigenvalue weighted by Crippen LogP contribution is -2.35. The van der Waals surface area contributed by atoms with Gasteiger partial charge in [-0.15, -0.1) is 0 Å². The molecule has 0 radical (unpaired) electrons. The highest BCUT2D eigenvalue weighted by Crippen LogP contribution is 2.39. The van der Waals surface area contributed by atoms with E-state index in [1.807, 2.05) is 43.3 Å². The summed E-state index contributed by atoms with van der Waals surface area (Å²) in [6.45, 7) is 5.87. The van der Waals surface area contributed by atoms with Gasteiger partial charge >= 0.3 is 0 Å². The van der Waals surface area contributed by atoms with Crippen LogP contribution in [-0.2, 0) is 16.0 Å². The van der Waals surface area contributed by atoms with Crippen LogP contribution in [0.5, 0.6) is 5.75 Å². The molecule has 34 heavy (non-hydrogen) atoms. The zero-order valence-corrected chi connectivity index (χ0v) is 20.7. The van der Waals surface area contributed by atoms with Crippen LogP contribution in [0.15, 0.2) is 54.1 Å². The van der Waals surface area contributed by atoms with Gasteiger partial charge in [-0.05, 0) is 62.3 Å². The van der Waals surface area contributed by atoms with Crippen molar-refractivity contribution in [3.05, 3.63) is 70.8 Å². The smallest absolute Gasteiger partial charge is 0.295 e. The number of rotatable bonds is 11. The molecular weight excluding hydrogens is 428 g/mol. The number of unbranched alkanes of at least 4 members (excludes halogenated alkanes) is 2. The number of Topliss-reactive ketones (excluding diaryl/α,β-unsaturated/α-hetero) is 1. The van der Waals surface area contributed by atoms with Gasteiger partial charge in [0.25, 0.3) is 11.7 Å². The van der Waals surface area contributed by atoms with E-state index in [0.29, 0.717) is 31.0 Å². The van der Waals surface area contributed by atoms with Crippen LogP contribution < -0.4 is 4.74 Å². The van der Waals surface area contributed by atoms with Crippen LogP contribution in [0.1, 0.15) is 55.8 Å². The van der Waals surface area contributed by atoms with Gasteiger partial charge in [0, 0.05) is 18.7 Å². The summed E-state index contributed by atoms with van der Waals surface area (Å²) in [7, 11) is 3.85. The maximum Gasteiger partial charge on any atom is 0.295 e. The predicted molar refractivity (Wildman–Crippen MR) is 135 cm³/mol. The van der Waals surface area contributed by atoms with Gasteiger partial charge in [0.1, 0.15) is 11.5 Å². The molecule has 1 amide bonds. The van der Waals surface area contributed by atoms with Crippen LogP contribution in [0.3, 0.4) is 0 Å². The van der Waals surface area contributed by atoms with Crippen molar-refractivity contribution in [3.63, 3.8) is 0 Å². The van der Waals surface area contributed by atoms with E-state index in [2.05, 4.69) is 13.8 Å². The number of carbonyl (C=O) groups excluding carboxylic acids is 2. The van der Waals surface area contributed by atoms with Gasteiger partial charge in [0.05, 0.1) is 18.2 Å². The maximum atomic E-state index is 13.1. The molecule has 0 bridgehead atoms. The Morgan fingerprint density at radius 3 is 2.26 bits per heavy atom. The summed E-state index contributed by atoms with van der Waals surface area (Å²) in [5.41, 5.74) is 2.60. The van der Waals surface area contributed by atoms with Gasteiger partial charge in [0.2, 0.25) is 0 Å². The number of aryl methyl sites for hydroxylation is 1. The second-order valence-corrected chi connectivity index (χ2v) is 8.97. The topological polar surface area (TPSA) is 70.1 Å². The van der Waals surface area contributed by atoms with Crippen molar-refractivity contribution >= 4 is 17.4 Å². The largest absolute Gasteiger partial charge is 0.507 e. The molecule has 2 aromatic rings. The summed E-state index contributed by atoms with van der Waals surface area (Å²) in [5, 5.41) is 11.2. The molecule has 6 heteroatoms. The van der Waals surface area contributed by atoms with Crippen LogP contribution in [-0.4, -0.2) is 60.4 Å². The number of aliphatic hydroxyl groups is 1. The van der Waals surface area contributed by atoms with E-state index < -0.39 is 17.7 Å². The number of ketones is 1. The van der Waals surface area contributed by atoms with Gasteiger partial charge in [0.15, 0.2) is 0 Å². The second kappa shape index (κ2) is 11.8. The number of ether oxygens (including phenoxy) is 1. The molecule has 1 heterocycles. The molecule has 6 nitrogen and oxygen atoms in total. The third-order valence-electron chi connectivity index (χ3n) is 6.18. The summed E-state index contributed by atoms with van der Waals surface area (Å²) in [5.74, 6) is -0.678. The highest BCUT2D eigenvalue weighted by atomic mass is 16.5. The first-order valence-electron chi connectivity index (χ1n) is 12.1. The quantitative estimate of drug-likeness (QED) is 0.224. The second-order valence-electron chi connectivity index (χ2n) is 8.97. The van der Waals surface area contributed by atoms with E-state index in [4.69, 9.17) is 4.74 Å². The molecule has 1 atom stereocenters. The number of amides is 1. The number of hydrogen-bond acceptors (Lipinski definition) is 5. The van der Waals surface area contributed by atoms with E-state index in [1.54, 1.807) is 29.2 Å². The SMILES string of the molecule is CCCCCOc1ccc(/C(O)=C2/C(=O)C(=O)N(CCN(C)C)C2c2ccc(CC)cc2)cc1. The Kier molecular flexibility index (Phi) is 8.88. The minimum Gasteiger partial charge on any atom is -0.507 e. The fraction of sp³-hybridized carbons (Fsp3) is 0.429. The van der Waals surface area contributed by atoms with Crippen molar-refractivity contribution in [2.75, 3.05) is 33.8 Å². The predicted octanol–water partition coefficient (Wildman–Crippen LogP) is 4.80. The van der Waals surface area contributed by atoms with Crippen LogP contribution >= 0.6 is 0 Å². The molecule has 0 aliphatic carbocycles.